The van der Waals surface area contributed by atoms with Gasteiger partial charge < -0.3 is 9.47 Å². The van der Waals surface area contributed by atoms with Gasteiger partial charge in [0.2, 0.25) is 0 Å². The number of carbonyl (C=O) groups is 1. The summed E-state index contributed by atoms with van der Waals surface area (Å²) in [5.41, 5.74) is 2.19. The zero-order valence-corrected chi connectivity index (χ0v) is 13.4. The predicted octanol–water partition coefficient (Wildman–Crippen LogP) is 3.02. The molecule has 4 nitrogen and oxygen atoms in total. The molecule has 1 aliphatic heterocycles. The first-order chi connectivity index (χ1) is 10.9. The molecule has 0 fully saturated rings. The number of fused-ring (bicyclic) bond motifs is 1. The first kappa shape index (κ1) is 15.6. The Bertz CT molecular complexity index is 767. The molecule has 2 aromatic rings. The van der Waals surface area contributed by atoms with E-state index in [-0.39, 0.29) is 11.5 Å². The zero-order valence-electron chi connectivity index (χ0n) is 13.4. The lowest BCUT2D eigenvalue weighted by Gasteiger charge is -2.27. The Balaban J connectivity index is 1.85. The minimum Gasteiger partial charge on any atom is -0.334 e. The SMILES string of the molecule is CC(C)c1nc2c(n1C)CCN(C(=O)c1ccc(F)c(F)c1)C2. The average molecular weight is 319 g/mol. The van der Waals surface area contributed by atoms with Crippen molar-refractivity contribution in [1.82, 2.24) is 14.5 Å². The minimum absolute atomic E-state index is 0.160. The number of rotatable bonds is 2. The molecule has 0 atom stereocenters. The monoisotopic (exact) mass is 319 g/mol. The quantitative estimate of drug-likeness (QED) is 0.853. The lowest BCUT2D eigenvalue weighted by atomic mass is 10.1. The summed E-state index contributed by atoms with van der Waals surface area (Å²) in [6.45, 7) is 5.10. The molecule has 23 heavy (non-hydrogen) atoms. The fourth-order valence-electron chi connectivity index (χ4n) is 3.05. The maximum Gasteiger partial charge on any atom is 0.254 e. The van der Waals surface area contributed by atoms with Gasteiger partial charge in [0.05, 0.1) is 12.2 Å². The largest absolute Gasteiger partial charge is 0.334 e. The van der Waals surface area contributed by atoms with Crippen molar-refractivity contribution in [3.05, 3.63) is 52.6 Å². The Morgan fingerprint density at radius 1 is 1.26 bits per heavy atom. The number of benzene rings is 1. The number of amides is 1. The molecule has 3 rings (SSSR count). The van der Waals surface area contributed by atoms with Gasteiger partial charge in [-0.3, -0.25) is 4.79 Å². The van der Waals surface area contributed by atoms with Gasteiger partial charge in [0.15, 0.2) is 11.6 Å². The molecule has 0 N–H and O–H groups in total. The maximum absolute atomic E-state index is 13.3. The van der Waals surface area contributed by atoms with Crippen LogP contribution in [0.2, 0.25) is 0 Å². The van der Waals surface area contributed by atoms with Gasteiger partial charge in [-0.25, -0.2) is 13.8 Å². The van der Waals surface area contributed by atoms with Gasteiger partial charge in [0.25, 0.3) is 5.91 Å². The average Bonchev–Trinajstić information content (AvgIpc) is 2.86. The Hall–Kier alpha value is -2.24. The standard InChI is InChI=1S/C17H19F2N3O/c1-10(2)16-20-14-9-22(7-6-15(14)21(16)3)17(23)11-4-5-12(18)13(19)8-11/h4-5,8,10H,6-7,9H2,1-3H3. The van der Waals surface area contributed by atoms with Crippen molar-refractivity contribution >= 4 is 5.91 Å². The van der Waals surface area contributed by atoms with Crippen LogP contribution in [0.25, 0.3) is 0 Å². The highest BCUT2D eigenvalue weighted by atomic mass is 19.2. The molecular formula is C17H19F2N3O. The molecule has 1 amide bonds. The van der Waals surface area contributed by atoms with Crippen molar-refractivity contribution in [1.29, 1.82) is 0 Å². The molecule has 0 spiro atoms. The normalized spacial score (nSPS) is 14.3. The van der Waals surface area contributed by atoms with Crippen LogP contribution in [-0.4, -0.2) is 26.9 Å². The smallest absolute Gasteiger partial charge is 0.254 e. The summed E-state index contributed by atoms with van der Waals surface area (Å²) in [5.74, 6) is -0.952. The summed E-state index contributed by atoms with van der Waals surface area (Å²) in [4.78, 5) is 18.8. The highest BCUT2D eigenvalue weighted by Gasteiger charge is 2.27. The van der Waals surface area contributed by atoms with Crippen molar-refractivity contribution in [2.45, 2.75) is 32.7 Å². The molecule has 0 saturated heterocycles. The number of nitrogens with zero attached hydrogens (tertiary/aromatic N) is 3. The second kappa shape index (κ2) is 5.76. The number of hydrogen-bond donors (Lipinski definition) is 0. The zero-order chi connectivity index (χ0) is 16.7. The van der Waals surface area contributed by atoms with E-state index in [9.17, 15) is 13.6 Å². The van der Waals surface area contributed by atoms with E-state index in [4.69, 9.17) is 0 Å². The Kier molecular flexibility index (Phi) is 3.92. The molecule has 1 aromatic heterocycles. The minimum atomic E-state index is -1.01. The summed E-state index contributed by atoms with van der Waals surface area (Å²) in [5, 5.41) is 0. The molecule has 0 bridgehead atoms. The van der Waals surface area contributed by atoms with Gasteiger partial charge in [0, 0.05) is 37.2 Å². The molecule has 1 aromatic carbocycles. The Morgan fingerprint density at radius 2 is 2.00 bits per heavy atom. The molecule has 122 valence electrons. The van der Waals surface area contributed by atoms with E-state index in [0.717, 1.165) is 29.3 Å². The van der Waals surface area contributed by atoms with Crippen molar-refractivity contribution in [2.75, 3.05) is 6.54 Å². The first-order valence-corrected chi connectivity index (χ1v) is 7.67. The van der Waals surface area contributed by atoms with Crippen molar-refractivity contribution < 1.29 is 13.6 Å². The predicted molar refractivity (Wildman–Crippen MR) is 82.1 cm³/mol. The van der Waals surface area contributed by atoms with Gasteiger partial charge in [-0.05, 0) is 18.2 Å². The summed E-state index contributed by atoms with van der Waals surface area (Å²) in [6.07, 6.45) is 0.709. The van der Waals surface area contributed by atoms with Crippen LogP contribution in [0.1, 0.15) is 47.3 Å². The van der Waals surface area contributed by atoms with Gasteiger partial charge in [-0.2, -0.15) is 0 Å². The van der Waals surface area contributed by atoms with E-state index in [0.29, 0.717) is 25.4 Å². The van der Waals surface area contributed by atoms with Crippen LogP contribution in [0.4, 0.5) is 8.78 Å². The number of carbonyl (C=O) groups excluding carboxylic acids is 1. The van der Waals surface area contributed by atoms with E-state index in [1.165, 1.54) is 6.07 Å². The summed E-state index contributed by atoms with van der Waals surface area (Å²) >= 11 is 0. The van der Waals surface area contributed by atoms with Gasteiger partial charge in [-0.15, -0.1) is 0 Å². The van der Waals surface area contributed by atoms with Crippen LogP contribution in [0.3, 0.4) is 0 Å². The molecule has 0 unspecified atom stereocenters. The summed E-state index contributed by atoms with van der Waals surface area (Å²) < 4.78 is 28.4. The van der Waals surface area contributed by atoms with Crippen LogP contribution in [0.15, 0.2) is 18.2 Å². The van der Waals surface area contributed by atoms with Crippen LogP contribution in [0.5, 0.6) is 0 Å². The second-order valence-corrected chi connectivity index (χ2v) is 6.18. The van der Waals surface area contributed by atoms with Crippen LogP contribution >= 0.6 is 0 Å². The molecule has 2 heterocycles. The number of halogens is 2. The lowest BCUT2D eigenvalue weighted by molar-refractivity contribution is 0.0730. The second-order valence-electron chi connectivity index (χ2n) is 6.18. The van der Waals surface area contributed by atoms with Gasteiger partial charge in [-0.1, -0.05) is 13.8 Å². The van der Waals surface area contributed by atoms with Crippen LogP contribution in [-0.2, 0) is 20.0 Å². The van der Waals surface area contributed by atoms with E-state index in [1.54, 1.807) is 4.90 Å². The highest BCUT2D eigenvalue weighted by Crippen LogP contribution is 2.24. The third kappa shape index (κ3) is 2.73. The Labute approximate surface area is 133 Å². The lowest BCUT2D eigenvalue weighted by Crippen LogP contribution is -2.36. The highest BCUT2D eigenvalue weighted by molar-refractivity contribution is 5.94. The molecule has 0 aliphatic carbocycles. The van der Waals surface area contributed by atoms with Crippen molar-refractivity contribution in [3.8, 4) is 0 Å². The van der Waals surface area contributed by atoms with Gasteiger partial charge in [0.1, 0.15) is 5.82 Å². The number of aromatic nitrogens is 2. The fourth-order valence-corrected chi connectivity index (χ4v) is 3.05. The van der Waals surface area contributed by atoms with E-state index in [1.807, 2.05) is 7.05 Å². The molecule has 0 saturated carbocycles. The topological polar surface area (TPSA) is 38.1 Å². The van der Waals surface area contributed by atoms with E-state index in [2.05, 4.69) is 23.4 Å². The van der Waals surface area contributed by atoms with E-state index < -0.39 is 11.6 Å². The number of imidazole rings is 1. The van der Waals surface area contributed by atoms with Crippen LogP contribution in [0, 0.1) is 11.6 Å². The third-order valence-corrected chi connectivity index (χ3v) is 4.26. The van der Waals surface area contributed by atoms with Crippen molar-refractivity contribution in [2.24, 2.45) is 7.05 Å². The number of hydrogen-bond acceptors (Lipinski definition) is 2. The van der Waals surface area contributed by atoms with E-state index >= 15 is 0 Å². The first-order valence-electron chi connectivity index (χ1n) is 7.67. The molecule has 1 aliphatic rings. The molecule has 6 heteroatoms. The van der Waals surface area contributed by atoms with Crippen molar-refractivity contribution in [3.63, 3.8) is 0 Å². The third-order valence-electron chi connectivity index (χ3n) is 4.26. The molecule has 0 radical (unpaired) electrons. The molecular weight excluding hydrogens is 300 g/mol. The maximum atomic E-state index is 13.3. The Morgan fingerprint density at radius 3 is 2.65 bits per heavy atom. The van der Waals surface area contributed by atoms with Crippen LogP contribution < -0.4 is 0 Å². The summed E-state index contributed by atoms with van der Waals surface area (Å²) in [7, 11) is 1.99. The fraction of sp³-hybridized carbons (Fsp3) is 0.412. The van der Waals surface area contributed by atoms with Gasteiger partial charge >= 0.3 is 0 Å². The summed E-state index contributed by atoms with van der Waals surface area (Å²) in [6, 6.07) is 3.25.